The number of anilines is 2. The van der Waals surface area contributed by atoms with Crippen LogP contribution in [0.3, 0.4) is 0 Å². The Morgan fingerprint density at radius 2 is 1.57 bits per heavy atom. The number of ether oxygens (including phenoxy) is 1. The number of benzene rings is 2. The Labute approximate surface area is 167 Å². The molecule has 0 aromatic heterocycles. The molecule has 2 aromatic carbocycles. The summed E-state index contributed by atoms with van der Waals surface area (Å²) in [5, 5.41) is 5.65. The van der Waals surface area contributed by atoms with Crippen LogP contribution >= 0.6 is 11.6 Å². The van der Waals surface area contributed by atoms with Gasteiger partial charge in [-0.3, -0.25) is 19.2 Å². The van der Waals surface area contributed by atoms with Crippen molar-refractivity contribution in [1.82, 2.24) is 0 Å². The van der Waals surface area contributed by atoms with E-state index in [2.05, 4.69) is 10.6 Å². The molecular formula is C20H19ClN2O5. The zero-order chi connectivity index (χ0) is 20.5. The van der Waals surface area contributed by atoms with E-state index >= 15 is 0 Å². The molecule has 0 bridgehead atoms. The molecule has 2 aromatic rings. The van der Waals surface area contributed by atoms with Crippen LogP contribution in [-0.4, -0.2) is 30.2 Å². The topological polar surface area (TPSA) is 102 Å². The zero-order valence-electron chi connectivity index (χ0n) is 15.2. The van der Waals surface area contributed by atoms with E-state index in [4.69, 9.17) is 16.3 Å². The second-order valence-corrected chi connectivity index (χ2v) is 6.34. The van der Waals surface area contributed by atoms with Gasteiger partial charge in [0.2, 0.25) is 5.91 Å². The van der Waals surface area contributed by atoms with Crippen molar-refractivity contribution in [3.63, 3.8) is 0 Å². The Kier molecular flexibility index (Phi) is 7.71. The highest BCUT2D eigenvalue weighted by Crippen LogP contribution is 2.15. The van der Waals surface area contributed by atoms with Gasteiger partial charge in [0.1, 0.15) is 0 Å². The summed E-state index contributed by atoms with van der Waals surface area (Å²) >= 11 is 5.83. The summed E-state index contributed by atoms with van der Waals surface area (Å²) in [6, 6.07) is 13.0. The van der Waals surface area contributed by atoms with Crippen molar-refractivity contribution in [2.24, 2.45) is 0 Å². The lowest BCUT2D eigenvalue weighted by molar-refractivity contribution is -0.147. The SMILES string of the molecule is CC(=O)c1ccc(NC(=O)COC(=O)CCC(=O)Nc2cccc(Cl)c2)cc1. The van der Waals surface area contributed by atoms with Crippen molar-refractivity contribution < 1.29 is 23.9 Å². The minimum absolute atomic E-state index is 0.0776. The van der Waals surface area contributed by atoms with Gasteiger partial charge in [0.05, 0.1) is 6.42 Å². The maximum atomic E-state index is 11.8. The molecule has 0 aliphatic rings. The number of esters is 1. The first kappa shape index (κ1) is 21.1. The van der Waals surface area contributed by atoms with E-state index in [1.165, 1.54) is 6.92 Å². The average molecular weight is 403 g/mol. The summed E-state index contributed by atoms with van der Waals surface area (Å²) in [5.74, 6) is -1.63. The molecule has 0 aliphatic carbocycles. The molecule has 0 saturated carbocycles. The highest BCUT2D eigenvalue weighted by atomic mass is 35.5. The largest absolute Gasteiger partial charge is 0.456 e. The molecule has 0 aliphatic heterocycles. The van der Waals surface area contributed by atoms with Gasteiger partial charge in [-0.1, -0.05) is 17.7 Å². The van der Waals surface area contributed by atoms with Crippen molar-refractivity contribution in [2.45, 2.75) is 19.8 Å². The molecule has 7 nitrogen and oxygen atoms in total. The number of rotatable bonds is 8. The number of amides is 2. The predicted octanol–water partition coefficient (Wildman–Crippen LogP) is 3.44. The first-order valence-electron chi connectivity index (χ1n) is 8.45. The van der Waals surface area contributed by atoms with Gasteiger partial charge in [-0.05, 0) is 49.4 Å². The van der Waals surface area contributed by atoms with Gasteiger partial charge in [0, 0.05) is 28.4 Å². The molecule has 2 N–H and O–H groups in total. The smallest absolute Gasteiger partial charge is 0.306 e. The van der Waals surface area contributed by atoms with Crippen molar-refractivity contribution >= 4 is 46.5 Å². The first-order chi connectivity index (χ1) is 13.3. The van der Waals surface area contributed by atoms with Gasteiger partial charge in [0.15, 0.2) is 12.4 Å². The Bertz CT molecular complexity index is 880. The van der Waals surface area contributed by atoms with Crippen LogP contribution in [0, 0.1) is 0 Å². The summed E-state index contributed by atoms with van der Waals surface area (Å²) in [5.41, 5.74) is 1.54. The first-order valence-corrected chi connectivity index (χ1v) is 8.83. The van der Waals surface area contributed by atoms with Gasteiger partial charge in [-0.15, -0.1) is 0 Å². The Hall–Kier alpha value is -3.19. The van der Waals surface area contributed by atoms with Crippen LogP contribution in [0.4, 0.5) is 11.4 Å². The van der Waals surface area contributed by atoms with Crippen LogP contribution in [0.25, 0.3) is 0 Å². The number of halogens is 1. The maximum absolute atomic E-state index is 11.8. The fourth-order valence-electron chi connectivity index (χ4n) is 2.21. The molecule has 0 unspecified atom stereocenters. The highest BCUT2D eigenvalue weighted by Gasteiger charge is 2.11. The standard InChI is InChI=1S/C20H19ClN2O5/c1-13(24)14-5-7-16(8-6-14)22-19(26)12-28-20(27)10-9-18(25)23-17-4-2-3-15(21)11-17/h2-8,11H,9-10,12H2,1H3,(H,22,26)(H,23,25). The quantitative estimate of drug-likeness (QED) is 0.520. The van der Waals surface area contributed by atoms with Crippen molar-refractivity contribution in [3.8, 4) is 0 Å². The van der Waals surface area contributed by atoms with Crippen molar-refractivity contribution in [3.05, 3.63) is 59.1 Å². The molecule has 2 rings (SSSR count). The molecular weight excluding hydrogens is 384 g/mol. The number of carbonyl (C=O) groups is 4. The van der Waals surface area contributed by atoms with Crippen LogP contribution in [0.2, 0.25) is 5.02 Å². The second-order valence-electron chi connectivity index (χ2n) is 5.90. The van der Waals surface area contributed by atoms with E-state index < -0.39 is 18.5 Å². The summed E-state index contributed by atoms with van der Waals surface area (Å²) in [6.07, 6.45) is -0.244. The van der Waals surface area contributed by atoms with Gasteiger partial charge < -0.3 is 15.4 Å². The number of ketones is 1. The van der Waals surface area contributed by atoms with E-state index in [1.54, 1.807) is 48.5 Å². The molecule has 0 spiro atoms. The number of hydrogen-bond donors (Lipinski definition) is 2. The highest BCUT2D eigenvalue weighted by molar-refractivity contribution is 6.30. The number of hydrogen-bond acceptors (Lipinski definition) is 5. The van der Waals surface area contributed by atoms with E-state index in [0.29, 0.717) is 22.0 Å². The lowest BCUT2D eigenvalue weighted by atomic mass is 10.1. The molecule has 0 radical (unpaired) electrons. The summed E-state index contributed by atoms with van der Waals surface area (Å²) in [7, 11) is 0. The average Bonchev–Trinajstić information content (AvgIpc) is 2.65. The Morgan fingerprint density at radius 1 is 0.893 bits per heavy atom. The fraction of sp³-hybridized carbons (Fsp3) is 0.200. The third-order valence-electron chi connectivity index (χ3n) is 3.60. The molecule has 2 amide bonds. The molecule has 146 valence electrons. The molecule has 0 heterocycles. The van der Waals surface area contributed by atoms with Crippen LogP contribution in [-0.2, 0) is 19.1 Å². The molecule has 28 heavy (non-hydrogen) atoms. The fourth-order valence-corrected chi connectivity index (χ4v) is 2.40. The number of carbonyl (C=O) groups excluding carboxylic acids is 4. The van der Waals surface area contributed by atoms with E-state index in [1.807, 2.05) is 0 Å². The maximum Gasteiger partial charge on any atom is 0.306 e. The van der Waals surface area contributed by atoms with Crippen molar-refractivity contribution in [2.75, 3.05) is 17.2 Å². The minimum atomic E-state index is -0.664. The second kappa shape index (κ2) is 10.2. The molecule has 8 heteroatoms. The summed E-state index contributed by atoms with van der Waals surface area (Å²) < 4.78 is 4.85. The van der Waals surface area contributed by atoms with Crippen LogP contribution in [0.15, 0.2) is 48.5 Å². The zero-order valence-corrected chi connectivity index (χ0v) is 15.9. The Balaban J connectivity index is 1.69. The van der Waals surface area contributed by atoms with Crippen LogP contribution < -0.4 is 10.6 Å². The van der Waals surface area contributed by atoms with E-state index in [9.17, 15) is 19.2 Å². The minimum Gasteiger partial charge on any atom is -0.456 e. The van der Waals surface area contributed by atoms with E-state index in [-0.39, 0.29) is 24.5 Å². The monoisotopic (exact) mass is 402 g/mol. The van der Waals surface area contributed by atoms with Gasteiger partial charge in [-0.2, -0.15) is 0 Å². The van der Waals surface area contributed by atoms with Gasteiger partial charge in [-0.25, -0.2) is 0 Å². The molecule has 0 fully saturated rings. The summed E-state index contributed by atoms with van der Waals surface area (Å²) in [4.78, 5) is 46.5. The van der Waals surface area contributed by atoms with E-state index in [0.717, 1.165) is 0 Å². The third-order valence-corrected chi connectivity index (χ3v) is 3.84. The molecule has 0 saturated heterocycles. The summed E-state index contributed by atoms with van der Waals surface area (Å²) in [6.45, 7) is 0.978. The van der Waals surface area contributed by atoms with Crippen LogP contribution in [0.5, 0.6) is 0 Å². The number of Topliss-reactive ketones (excluding diaryl/α,β-unsaturated/α-hetero) is 1. The van der Waals surface area contributed by atoms with Crippen molar-refractivity contribution in [1.29, 1.82) is 0 Å². The third kappa shape index (κ3) is 7.20. The molecule has 0 atom stereocenters. The lowest BCUT2D eigenvalue weighted by Gasteiger charge is -2.08. The van der Waals surface area contributed by atoms with Gasteiger partial charge >= 0.3 is 5.97 Å². The predicted molar refractivity (Wildman–Crippen MR) is 105 cm³/mol. The normalized spacial score (nSPS) is 10.1. The lowest BCUT2D eigenvalue weighted by Crippen LogP contribution is -2.21. The Morgan fingerprint density at radius 3 is 2.21 bits per heavy atom. The number of nitrogens with one attached hydrogen (secondary N) is 2. The van der Waals surface area contributed by atoms with Gasteiger partial charge in [0.25, 0.3) is 5.91 Å². The van der Waals surface area contributed by atoms with Crippen LogP contribution in [0.1, 0.15) is 30.1 Å².